The van der Waals surface area contributed by atoms with Crippen LogP contribution in [0.25, 0.3) is 0 Å². The monoisotopic (exact) mass is 388 g/mol. The van der Waals surface area contributed by atoms with Crippen LogP contribution in [0, 0.1) is 5.92 Å². The molecule has 0 aromatic heterocycles. The molecule has 0 saturated heterocycles. The van der Waals surface area contributed by atoms with Gasteiger partial charge < -0.3 is 20.1 Å². The molecule has 0 bridgehead atoms. The molecule has 0 radical (unpaired) electrons. The van der Waals surface area contributed by atoms with Gasteiger partial charge in [0.1, 0.15) is 5.75 Å². The Balaban J connectivity index is 2.36. The number of unbranched alkanes of at least 4 members (excludes halogenated alkanes) is 3. The summed E-state index contributed by atoms with van der Waals surface area (Å²) in [4.78, 5) is 25.0. The maximum Gasteiger partial charge on any atom is 0.338 e. The summed E-state index contributed by atoms with van der Waals surface area (Å²) >= 11 is 0. The van der Waals surface area contributed by atoms with Gasteiger partial charge in [-0.15, -0.1) is 0 Å². The topological polar surface area (TPSA) is 76.7 Å². The number of nitrogens with one attached hydrogen (secondary N) is 2. The van der Waals surface area contributed by atoms with Crippen molar-refractivity contribution in [2.45, 2.75) is 59.4 Å². The van der Waals surface area contributed by atoms with E-state index in [0.717, 1.165) is 18.4 Å². The van der Waals surface area contributed by atoms with Gasteiger partial charge in [0.15, 0.2) is 0 Å². The first-order chi connectivity index (χ1) is 13.5. The Labute approximate surface area is 167 Å². The van der Waals surface area contributed by atoms with Crippen LogP contribution in [0.4, 0.5) is 4.79 Å². The average molecular weight is 389 g/mol. The number of ether oxygens (including phenoxy) is 2. The number of allylic oxidation sites excluding steroid dienone is 1. The van der Waals surface area contributed by atoms with Crippen molar-refractivity contribution in [1.29, 1.82) is 0 Å². The molecule has 6 nitrogen and oxygen atoms in total. The summed E-state index contributed by atoms with van der Waals surface area (Å²) in [5, 5.41) is 5.65. The Kier molecular flexibility index (Phi) is 8.36. The summed E-state index contributed by atoms with van der Waals surface area (Å²) in [6.45, 7) is 8.69. The number of carbonyl (C=O) groups excluding carboxylic acids is 2. The lowest BCUT2D eigenvalue weighted by atomic mass is 9.91. The lowest BCUT2D eigenvalue weighted by molar-refractivity contribution is -0.139. The molecule has 0 saturated carbocycles. The molecule has 1 unspecified atom stereocenters. The van der Waals surface area contributed by atoms with Crippen LogP contribution in [0.15, 0.2) is 35.5 Å². The molecular weight excluding hydrogens is 356 g/mol. The highest BCUT2D eigenvalue weighted by molar-refractivity contribution is 5.95. The number of para-hydroxylation sites is 1. The molecule has 1 heterocycles. The Morgan fingerprint density at radius 2 is 1.89 bits per heavy atom. The molecule has 2 amide bonds. The molecule has 0 fully saturated rings. The Hall–Kier alpha value is -2.50. The largest absolute Gasteiger partial charge is 0.493 e. The Bertz CT molecular complexity index is 712. The third-order valence-corrected chi connectivity index (χ3v) is 4.66. The van der Waals surface area contributed by atoms with E-state index in [2.05, 4.69) is 17.6 Å². The van der Waals surface area contributed by atoms with Gasteiger partial charge in [0.2, 0.25) is 0 Å². The van der Waals surface area contributed by atoms with E-state index < -0.39 is 12.0 Å². The molecule has 0 aliphatic carbocycles. The normalized spacial score (nSPS) is 16.6. The van der Waals surface area contributed by atoms with Crippen molar-refractivity contribution in [3.05, 3.63) is 41.1 Å². The summed E-state index contributed by atoms with van der Waals surface area (Å²) in [5.41, 5.74) is 1.78. The zero-order chi connectivity index (χ0) is 20.5. The minimum absolute atomic E-state index is 0.0323. The standard InChI is InChI=1S/C22H32N2O4/c1-5-7-8-11-14-28-17-13-10-9-12-16(17)20-18(21(25)27-6-2)19(15(3)4)23-22(26)24-20/h9-10,12-13,15,20H,5-8,11,14H2,1-4H3,(H2,23,24,26). The molecule has 6 heteroatoms. The van der Waals surface area contributed by atoms with Crippen molar-refractivity contribution in [1.82, 2.24) is 10.6 Å². The van der Waals surface area contributed by atoms with E-state index in [1.165, 1.54) is 12.8 Å². The first-order valence-electron chi connectivity index (χ1n) is 10.2. The van der Waals surface area contributed by atoms with Gasteiger partial charge >= 0.3 is 12.0 Å². The van der Waals surface area contributed by atoms with E-state index in [0.29, 0.717) is 23.6 Å². The second-order valence-electron chi connectivity index (χ2n) is 7.18. The Morgan fingerprint density at radius 1 is 1.14 bits per heavy atom. The van der Waals surface area contributed by atoms with E-state index >= 15 is 0 Å². The molecule has 1 atom stereocenters. The summed E-state index contributed by atoms with van der Waals surface area (Å²) in [7, 11) is 0. The predicted molar refractivity (Wildman–Crippen MR) is 109 cm³/mol. The number of esters is 1. The van der Waals surface area contributed by atoms with Crippen molar-refractivity contribution in [2.75, 3.05) is 13.2 Å². The number of benzene rings is 1. The fourth-order valence-electron chi connectivity index (χ4n) is 3.27. The van der Waals surface area contributed by atoms with Crippen LogP contribution < -0.4 is 15.4 Å². The van der Waals surface area contributed by atoms with E-state index in [1.807, 2.05) is 38.1 Å². The van der Waals surface area contributed by atoms with Crippen molar-refractivity contribution in [2.24, 2.45) is 5.92 Å². The van der Waals surface area contributed by atoms with Crippen LogP contribution in [-0.2, 0) is 9.53 Å². The number of hydrogen-bond acceptors (Lipinski definition) is 4. The fourth-order valence-corrected chi connectivity index (χ4v) is 3.27. The Morgan fingerprint density at radius 3 is 2.57 bits per heavy atom. The van der Waals surface area contributed by atoms with E-state index in [1.54, 1.807) is 6.92 Å². The van der Waals surface area contributed by atoms with Gasteiger partial charge in [0.25, 0.3) is 0 Å². The number of rotatable bonds is 10. The van der Waals surface area contributed by atoms with Crippen LogP contribution in [0.5, 0.6) is 5.75 Å². The van der Waals surface area contributed by atoms with Crippen molar-refractivity contribution in [3.8, 4) is 5.75 Å². The first-order valence-corrected chi connectivity index (χ1v) is 10.2. The maximum absolute atomic E-state index is 12.7. The van der Waals surface area contributed by atoms with Crippen molar-refractivity contribution in [3.63, 3.8) is 0 Å². The zero-order valence-electron chi connectivity index (χ0n) is 17.3. The molecule has 1 aromatic carbocycles. The van der Waals surface area contributed by atoms with Crippen LogP contribution in [0.3, 0.4) is 0 Å². The van der Waals surface area contributed by atoms with Crippen LogP contribution in [-0.4, -0.2) is 25.2 Å². The average Bonchev–Trinajstić information content (AvgIpc) is 2.67. The molecule has 154 valence electrons. The van der Waals surface area contributed by atoms with Crippen molar-refractivity contribution < 1.29 is 19.1 Å². The highest BCUT2D eigenvalue weighted by atomic mass is 16.5. The quantitative estimate of drug-likeness (QED) is 0.458. The summed E-state index contributed by atoms with van der Waals surface area (Å²) in [5.74, 6) is 0.215. The number of hydrogen-bond donors (Lipinski definition) is 2. The summed E-state index contributed by atoms with van der Waals surface area (Å²) in [6.07, 6.45) is 4.44. The molecule has 1 aromatic rings. The second kappa shape index (κ2) is 10.7. The van der Waals surface area contributed by atoms with Gasteiger partial charge in [0.05, 0.1) is 24.8 Å². The molecule has 2 rings (SSSR count). The minimum atomic E-state index is -0.614. The fraction of sp³-hybridized carbons (Fsp3) is 0.545. The smallest absolute Gasteiger partial charge is 0.338 e. The van der Waals surface area contributed by atoms with E-state index in [4.69, 9.17) is 9.47 Å². The number of amides is 2. The molecule has 28 heavy (non-hydrogen) atoms. The second-order valence-corrected chi connectivity index (χ2v) is 7.18. The van der Waals surface area contributed by atoms with E-state index in [-0.39, 0.29) is 18.6 Å². The van der Waals surface area contributed by atoms with Gasteiger partial charge in [-0.3, -0.25) is 0 Å². The molecule has 0 spiro atoms. The molecule has 1 aliphatic rings. The van der Waals surface area contributed by atoms with Gasteiger partial charge in [-0.05, 0) is 25.3 Å². The summed E-state index contributed by atoms with van der Waals surface area (Å²) in [6, 6.07) is 6.59. The maximum atomic E-state index is 12.7. The molecule has 2 N–H and O–H groups in total. The van der Waals surface area contributed by atoms with E-state index in [9.17, 15) is 9.59 Å². The highest BCUT2D eigenvalue weighted by Crippen LogP contribution is 2.35. The minimum Gasteiger partial charge on any atom is -0.493 e. The van der Waals surface area contributed by atoms with Crippen molar-refractivity contribution >= 4 is 12.0 Å². The third-order valence-electron chi connectivity index (χ3n) is 4.66. The van der Waals surface area contributed by atoms with Crippen LogP contribution >= 0.6 is 0 Å². The van der Waals surface area contributed by atoms with Gasteiger partial charge in [-0.1, -0.05) is 58.2 Å². The number of urea groups is 1. The first kappa shape index (κ1) is 21.8. The molecular formula is C22H32N2O4. The zero-order valence-corrected chi connectivity index (χ0v) is 17.3. The van der Waals surface area contributed by atoms with Gasteiger partial charge in [-0.25, -0.2) is 9.59 Å². The SMILES string of the molecule is CCCCCCOc1ccccc1C1NC(=O)NC(C(C)C)=C1C(=O)OCC. The van der Waals surface area contributed by atoms with Crippen LogP contribution in [0.2, 0.25) is 0 Å². The summed E-state index contributed by atoms with van der Waals surface area (Å²) < 4.78 is 11.3. The number of carbonyl (C=O) groups is 2. The van der Waals surface area contributed by atoms with Crippen LogP contribution in [0.1, 0.15) is 65.0 Å². The predicted octanol–water partition coefficient (Wildman–Crippen LogP) is 4.47. The van der Waals surface area contributed by atoms with Gasteiger partial charge in [0, 0.05) is 11.3 Å². The lowest BCUT2D eigenvalue weighted by Crippen LogP contribution is -2.47. The lowest BCUT2D eigenvalue weighted by Gasteiger charge is -2.31. The molecule has 1 aliphatic heterocycles. The van der Waals surface area contributed by atoms with Gasteiger partial charge in [-0.2, -0.15) is 0 Å². The third kappa shape index (κ3) is 5.50. The highest BCUT2D eigenvalue weighted by Gasteiger charge is 2.36.